The number of nitrogens with one attached hydrogen (secondary N) is 1. The molecule has 1 aliphatic carbocycles. The third-order valence-electron chi connectivity index (χ3n) is 4.66. The number of anilines is 1. The lowest BCUT2D eigenvalue weighted by atomic mass is 9.57. The second kappa shape index (κ2) is 4.17. The summed E-state index contributed by atoms with van der Waals surface area (Å²) in [6.45, 7) is 6.55. The lowest BCUT2D eigenvalue weighted by Crippen LogP contribution is -2.63. The first-order chi connectivity index (χ1) is 8.91. The van der Waals surface area contributed by atoms with Gasteiger partial charge >= 0.3 is 0 Å². The number of aryl methyl sites for hydroxylation is 1. The quantitative estimate of drug-likeness (QED) is 0.885. The molecule has 1 N–H and O–H groups in total. The van der Waals surface area contributed by atoms with Gasteiger partial charge in [0.05, 0.1) is 11.8 Å². The standard InChI is InChI=1S/C15H19F2NO/c1-8-6-11(17)12(7-10(8)16)18-13-9-4-5-19-14(9)15(13,2)3/h6-7,9,13-14,18H,4-5H2,1-3H3. The Morgan fingerprint density at radius 3 is 2.74 bits per heavy atom. The van der Waals surface area contributed by atoms with Gasteiger partial charge in [-0.25, -0.2) is 8.78 Å². The highest BCUT2D eigenvalue weighted by Crippen LogP contribution is 2.53. The zero-order chi connectivity index (χ0) is 13.8. The van der Waals surface area contributed by atoms with Gasteiger partial charge < -0.3 is 10.1 Å². The fraction of sp³-hybridized carbons (Fsp3) is 0.600. The zero-order valence-corrected chi connectivity index (χ0v) is 11.5. The number of hydrogen-bond acceptors (Lipinski definition) is 2. The molecule has 3 rings (SSSR count). The maximum absolute atomic E-state index is 13.9. The molecule has 2 fully saturated rings. The van der Waals surface area contributed by atoms with Gasteiger partial charge in [0.2, 0.25) is 0 Å². The Bertz CT molecular complexity index is 515. The minimum atomic E-state index is -0.392. The van der Waals surface area contributed by atoms with E-state index in [-0.39, 0.29) is 29.1 Å². The van der Waals surface area contributed by atoms with Gasteiger partial charge in [-0.05, 0) is 25.0 Å². The van der Waals surface area contributed by atoms with Crippen molar-refractivity contribution in [2.45, 2.75) is 39.3 Å². The maximum atomic E-state index is 13.9. The number of hydrogen-bond donors (Lipinski definition) is 1. The first-order valence-electron chi connectivity index (χ1n) is 6.75. The van der Waals surface area contributed by atoms with Crippen LogP contribution in [0.25, 0.3) is 0 Å². The summed E-state index contributed by atoms with van der Waals surface area (Å²) in [5.41, 5.74) is 0.541. The number of ether oxygens (including phenoxy) is 1. The monoisotopic (exact) mass is 267 g/mol. The molecule has 4 heteroatoms. The van der Waals surface area contributed by atoms with Crippen molar-refractivity contribution in [3.8, 4) is 0 Å². The highest BCUT2D eigenvalue weighted by atomic mass is 19.1. The minimum Gasteiger partial charge on any atom is -0.379 e. The predicted octanol–water partition coefficient (Wildman–Crippen LogP) is 3.50. The summed E-state index contributed by atoms with van der Waals surface area (Å²) in [4.78, 5) is 0. The van der Waals surface area contributed by atoms with Crippen LogP contribution in [0, 0.1) is 29.9 Å². The highest BCUT2D eigenvalue weighted by Gasteiger charge is 2.59. The van der Waals surface area contributed by atoms with Crippen LogP contribution < -0.4 is 5.32 Å². The minimum absolute atomic E-state index is 0.0467. The second-order valence-electron chi connectivity index (χ2n) is 6.27. The van der Waals surface area contributed by atoms with E-state index in [4.69, 9.17) is 4.74 Å². The first-order valence-corrected chi connectivity index (χ1v) is 6.75. The van der Waals surface area contributed by atoms with Crippen LogP contribution in [0.4, 0.5) is 14.5 Å². The molecule has 1 heterocycles. The molecule has 2 nitrogen and oxygen atoms in total. The van der Waals surface area contributed by atoms with E-state index in [1.807, 2.05) is 0 Å². The van der Waals surface area contributed by atoms with E-state index >= 15 is 0 Å². The Hall–Kier alpha value is -1.16. The van der Waals surface area contributed by atoms with Crippen LogP contribution in [0.5, 0.6) is 0 Å². The molecule has 104 valence electrons. The smallest absolute Gasteiger partial charge is 0.146 e. The fourth-order valence-electron chi connectivity index (χ4n) is 3.54. The zero-order valence-electron chi connectivity index (χ0n) is 11.5. The topological polar surface area (TPSA) is 21.3 Å². The third kappa shape index (κ3) is 1.84. The Labute approximate surface area is 112 Å². The van der Waals surface area contributed by atoms with Crippen LogP contribution in [0.2, 0.25) is 0 Å². The summed E-state index contributed by atoms with van der Waals surface area (Å²) >= 11 is 0. The second-order valence-corrected chi connectivity index (χ2v) is 6.27. The van der Waals surface area contributed by atoms with Crippen molar-refractivity contribution in [3.05, 3.63) is 29.3 Å². The SMILES string of the molecule is Cc1cc(F)c(NC2C3CCOC3C2(C)C)cc1F. The molecule has 19 heavy (non-hydrogen) atoms. The van der Waals surface area contributed by atoms with Crippen LogP contribution in [0.3, 0.4) is 0 Å². The molecule has 1 aromatic rings. The molecule has 0 spiro atoms. The molecule has 0 amide bonds. The van der Waals surface area contributed by atoms with Crippen molar-refractivity contribution in [3.63, 3.8) is 0 Å². The average Bonchev–Trinajstić information content (AvgIpc) is 2.78. The van der Waals surface area contributed by atoms with Crippen molar-refractivity contribution in [1.29, 1.82) is 0 Å². The van der Waals surface area contributed by atoms with Gasteiger partial charge in [0, 0.05) is 30.0 Å². The molecule has 1 aliphatic heterocycles. The Morgan fingerprint density at radius 1 is 1.26 bits per heavy atom. The van der Waals surface area contributed by atoms with E-state index in [1.165, 1.54) is 12.1 Å². The number of rotatable bonds is 2. The van der Waals surface area contributed by atoms with Crippen LogP contribution >= 0.6 is 0 Å². The summed E-state index contributed by atoms with van der Waals surface area (Å²) in [6.07, 6.45) is 1.23. The summed E-state index contributed by atoms with van der Waals surface area (Å²) in [5, 5.41) is 3.18. The van der Waals surface area contributed by atoms with Gasteiger partial charge in [-0.1, -0.05) is 13.8 Å². The molecule has 2 aliphatic rings. The molecule has 3 unspecified atom stereocenters. The molecular formula is C15H19F2NO. The van der Waals surface area contributed by atoms with Gasteiger partial charge in [-0.2, -0.15) is 0 Å². The van der Waals surface area contributed by atoms with E-state index in [2.05, 4.69) is 19.2 Å². The molecule has 0 bridgehead atoms. The summed E-state index contributed by atoms with van der Waals surface area (Å²) in [5.74, 6) is -0.365. The van der Waals surface area contributed by atoms with Crippen LogP contribution in [0.15, 0.2) is 12.1 Å². The third-order valence-corrected chi connectivity index (χ3v) is 4.66. The van der Waals surface area contributed by atoms with Crippen LogP contribution in [-0.2, 0) is 4.74 Å². The maximum Gasteiger partial charge on any atom is 0.146 e. The van der Waals surface area contributed by atoms with Crippen molar-refractivity contribution in [2.75, 3.05) is 11.9 Å². The highest BCUT2D eigenvalue weighted by molar-refractivity contribution is 5.49. The summed E-state index contributed by atoms with van der Waals surface area (Å²) in [6, 6.07) is 2.63. The average molecular weight is 267 g/mol. The largest absolute Gasteiger partial charge is 0.379 e. The van der Waals surface area contributed by atoms with Crippen molar-refractivity contribution in [1.82, 2.24) is 0 Å². The summed E-state index contributed by atoms with van der Waals surface area (Å²) < 4.78 is 33.1. The van der Waals surface area contributed by atoms with Crippen molar-refractivity contribution >= 4 is 5.69 Å². The van der Waals surface area contributed by atoms with Gasteiger partial charge in [0.25, 0.3) is 0 Å². The first kappa shape index (κ1) is 12.9. The normalized spacial score (nSPS) is 31.7. The van der Waals surface area contributed by atoms with Crippen molar-refractivity contribution in [2.24, 2.45) is 11.3 Å². The van der Waals surface area contributed by atoms with Crippen LogP contribution in [0.1, 0.15) is 25.8 Å². The molecule has 1 saturated heterocycles. The van der Waals surface area contributed by atoms with E-state index < -0.39 is 5.82 Å². The molecule has 1 aromatic carbocycles. The molecular weight excluding hydrogens is 248 g/mol. The molecule has 1 saturated carbocycles. The fourth-order valence-corrected chi connectivity index (χ4v) is 3.54. The number of halogens is 2. The Balaban J connectivity index is 1.84. The molecule has 0 aromatic heterocycles. The number of benzene rings is 1. The lowest BCUT2D eigenvalue weighted by molar-refractivity contribution is -0.0923. The molecule has 0 radical (unpaired) electrons. The van der Waals surface area contributed by atoms with E-state index in [9.17, 15) is 8.78 Å². The Morgan fingerprint density at radius 2 is 2.00 bits per heavy atom. The van der Waals surface area contributed by atoms with E-state index in [0.29, 0.717) is 11.5 Å². The van der Waals surface area contributed by atoms with E-state index in [0.717, 1.165) is 13.0 Å². The van der Waals surface area contributed by atoms with E-state index in [1.54, 1.807) is 6.92 Å². The predicted molar refractivity (Wildman–Crippen MR) is 70.1 cm³/mol. The van der Waals surface area contributed by atoms with Crippen LogP contribution in [-0.4, -0.2) is 18.8 Å². The van der Waals surface area contributed by atoms with Gasteiger partial charge in [-0.15, -0.1) is 0 Å². The lowest BCUT2D eigenvalue weighted by Gasteiger charge is -2.55. The van der Waals surface area contributed by atoms with Gasteiger partial charge in [-0.3, -0.25) is 0 Å². The van der Waals surface area contributed by atoms with Gasteiger partial charge in [0.1, 0.15) is 11.6 Å². The Kier molecular flexibility index (Phi) is 2.82. The van der Waals surface area contributed by atoms with Gasteiger partial charge in [0.15, 0.2) is 0 Å². The summed E-state index contributed by atoms with van der Waals surface area (Å²) in [7, 11) is 0. The number of fused-ring (bicyclic) bond motifs is 1. The van der Waals surface area contributed by atoms with Crippen molar-refractivity contribution < 1.29 is 13.5 Å². The molecule has 3 atom stereocenters.